The summed E-state index contributed by atoms with van der Waals surface area (Å²) in [7, 11) is -0.944. The molecular formula is C14H20ClO2Si. The monoisotopic (exact) mass is 283 g/mol. The average Bonchev–Trinajstić information content (AvgIpc) is 2.24. The van der Waals surface area contributed by atoms with E-state index in [0.29, 0.717) is 10.6 Å². The van der Waals surface area contributed by atoms with E-state index in [1.54, 1.807) is 12.1 Å². The van der Waals surface area contributed by atoms with E-state index in [0.717, 1.165) is 0 Å². The van der Waals surface area contributed by atoms with E-state index in [1.165, 1.54) is 0 Å². The average molecular weight is 284 g/mol. The van der Waals surface area contributed by atoms with Crippen molar-refractivity contribution in [2.24, 2.45) is 5.41 Å². The van der Waals surface area contributed by atoms with E-state index >= 15 is 0 Å². The molecule has 0 saturated carbocycles. The predicted octanol–water partition coefficient (Wildman–Crippen LogP) is 4.21. The minimum atomic E-state index is -0.944. The van der Waals surface area contributed by atoms with Gasteiger partial charge in [-0.25, -0.2) is 0 Å². The summed E-state index contributed by atoms with van der Waals surface area (Å²) in [5.74, 6) is -0.0284. The third-order valence-corrected chi connectivity index (χ3v) is 3.55. The van der Waals surface area contributed by atoms with Crippen LogP contribution >= 0.6 is 11.6 Å². The molecule has 1 aromatic carbocycles. The Morgan fingerprint density at radius 1 is 1.28 bits per heavy atom. The molecule has 99 valence electrons. The third-order valence-electron chi connectivity index (χ3n) is 2.52. The molecule has 0 fully saturated rings. The first-order chi connectivity index (χ1) is 8.23. The van der Waals surface area contributed by atoms with Crippen molar-refractivity contribution >= 4 is 26.4 Å². The minimum Gasteiger partial charge on any atom is -0.406 e. The zero-order valence-corrected chi connectivity index (χ0v) is 13.3. The summed E-state index contributed by atoms with van der Waals surface area (Å²) >= 11 is 6.08. The second kappa shape index (κ2) is 6.00. The molecule has 0 aliphatic carbocycles. The summed E-state index contributed by atoms with van der Waals surface area (Å²) in [5, 5.41) is 0.487. The molecule has 0 N–H and O–H groups in total. The topological polar surface area (TPSA) is 26.3 Å². The fraction of sp³-hybridized carbons (Fsp3) is 0.500. The highest BCUT2D eigenvalue weighted by atomic mass is 35.5. The van der Waals surface area contributed by atoms with Crippen molar-refractivity contribution in [2.75, 3.05) is 0 Å². The molecule has 0 bridgehead atoms. The highest BCUT2D eigenvalue weighted by molar-refractivity contribution is 6.48. The highest BCUT2D eigenvalue weighted by Gasteiger charge is 2.34. The van der Waals surface area contributed by atoms with Crippen LogP contribution in [0.3, 0.4) is 0 Å². The second-order valence-corrected chi connectivity index (χ2v) is 8.08. The van der Waals surface area contributed by atoms with Crippen LogP contribution in [0, 0.1) is 5.41 Å². The molecule has 0 aliphatic rings. The van der Waals surface area contributed by atoms with E-state index in [-0.39, 0.29) is 11.2 Å². The Labute approximate surface area is 116 Å². The number of rotatable bonds is 4. The number of halogens is 1. The van der Waals surface area contributed by atoms with Gasteiger partial charge in [0, 0.05) is 5.56 Å². The maximum Gasteiger partial charge on any atom is 0.206 e. The third kappa shape index (κ3) is 3.94. The smallest absolute Gasteiger partial charge is 0.206 e. The molecular weight excluding hydrogens is 264 g/mol. The molecule has 1 aromatic rings. The van der Waals surface area contributed by atoms with Crippen LogP contribution in [0.5, 0.6) is 0 Å². The lowest BCUT2D eigenvalue weighted by Gasteiger charge is -2.31. The summed E-state index contributed by atoms with van der Waals surface area (Å²) in [6.07, 6.45) is -0.443. The summed E-state index contributed by atoms with van der Waals surface area (Å²) in [5.41, 5.74) is 0.306. The highest BCUT2D eigenvalue weighted by Crippen LogP contribution is 2.28. The van der Waals surface area contributed by atoms with Crippen LogP contribution in [0.4, 0.5) is 0 Å². The van der Waals surface area contributed by atoms with E-state index in [2.05, 4.69) is 0 Å². The molecule has 0 spiro atoms. The first-order valence-electron chi connectivity index (χ1n) is 5.99. The Kier molecular flexibility index (Phi) is 5.14. The Morgan fingerprint density at radius 2 is 1.83 bits per heavy atom. The van der Waals surface area contributed by atoms with Crippen LogP contribution in [0.2, 0.25) is 18.1 Å². The van der Waals surface area contributed by atoms with Gasteiger partial charge in [0.25, 0.3) is 0 Å². The Bertz CT molecular complexity index is 424. The van der Waals surface area contributed by atoms with E-state index in [9.17, 15) is 4.79 Å². The summed E-state index contributed by atoms with van der Waals surface area (Å²) < 4.78 is 5.88. The van der Waals surface area contributed by atoms with Crippen LogP contribution in [0.15, 0.2) is 24.3 Å². The van der Waals surface area contributed by atoms with Gasteiger partial charge in [-0.15, -0.1) is 0 Å². The van der Waals surface area contributed by atoms with E-state index < -0.39 is 15.1 Å². The van der Waals surface area contributed by atoms with E-state index in [4.69, 9.17) is 16.0 Å². The molecule has 0 aromatic heterocycles. The zero-order valence-electron chi connectivity index (χ0n) is 11.6. The van der Waals surface area contributed by atoms with Crippen molar-refractivity contribution in [1.29, 1.82) is 0 Å². The SMILES string of the molecule is C[Si](C)OC(C(=O)c1ccccc1Cl)C(C)(C)C. The Morgan fingerprint density at radius 3 is 2.28 bits per heavy atom. The van der Waals surface area contributed by atoms with Crippen LogP contribution in [0.25, 0.3) is 0 Å². The molecule has 0 aliphatic heterocycles. The normalized spacial score (nSPS) is 13.7. The summed E-state index contributed by atoms with van der Waals surface area (Å²) in [6, 6.07) is 7.13. The fourth-order valence-electron chi connectivity index (χ4n) is 1.66. The van der Waals surface area contributed by atoms with Gasteiger partial charge in [0.05, 0.1) is 5.02 Å². The van der Waals surface area contributed by atoms with Crippen molar-refractivity contribution in [3.05, 3.63) is 34.9 Å². The van der Waals surface area contributed by atoms with Crippen LogP contribution in [-0.2, 0) is 4.43 Å². The van der Waals surface area contributed by atoms with Gasteiger partial charge < -0.3 is 4.43 Å². The molecule has 1 unspecified atom stereocenters. The number of benzene rings is 1. The zero-order chi connectivity index (χ0) is 13.9. The molecule has 4 heteroatoms. The lowest BCUT2D eigenvalue weighted by molar-refractivity contribution is 0.0538. The summed E-state index contributed by atoms with van der Waals surface area (Å²) in [4.78, 5) is 12.6. The molecule has 0 saturated heterocycles. The fourth-order valence-corrected chi connectivity index (χ4v) is 2.82. The van der Waals surface area contributed by atoms with Crippen LogP contribution < -0.4 is 0 Å². The Hall–Kier alpha value is -0.643. The molecule has 0 amide bonds. The van der Waals surface area contributed by atoms with Gasteiger partial charge in [0.2, 0.25) is 9.04 Å². The van der Waals surface area contributed by atoms with Crippen molar-refractivity contribution in [3.63, 3.8) is 0 Å². The second-order valence-electron chi connectivity index (χ2n) is 5.62. The van der Waals surface area contributed by atoms with Gasteiger partial charge in [-0.3, -0.25) is 4.79 Å². The van der Waals surface area contributed by atoms with Crippen molar-refractivity contribution < 1.29 is 9.22 Å². The molecule has 2 nitrogen and oxygen atoms in total. The van der Waals surface area contributed by atoms with Crippen LogP contribution in [0.1, 0.15) is 31.1 Å². The first kappa shape index (κ1) is 15.4. The number of carbonyl (C=O) groups excluding carboxylic acids is 1. The molecule has 1 rings (SSSR count). The van der Waals surface area contributed by atoms with Crippen molar-refractivity contribution in [1.82, 2.24) is 0 Å². The standard InChI is InChI=1S/C14H20ClO2Si/c1-14(2,3)13(17-18(4)5)12(16)10-8-6-7-9-11(10)15/h6-9,13H,1-5H3. The molecule has 18 heavy (non-hydrogen) atoms. The van der Waals surface area contributed by atoms with Gasteiger partial charge in [-0.2, -0.15) is 0 Å². The number of hydrogen-bond acceptors (Lipinski definition) is 2. The maximum absolute atomic E-state index is 12.6. The van der Waals surface area contributed by atoms with Gasteiger partial charge in [0.15, 0.2) is 5.78 Å². The largest absolute Gasteiger partial charge is 0.406 e. The predicted molar refractivity (Wildman–Crippen MR) is 77.6 cm³/mol. The van der Waals surface area contributed by atoms with Gasteiger partial charge in [-0.05, 0) is 30.6 Å². The molecule has 1 atom stereocenters. The van der Waals surface area contributed by atoms with E-state index in [1.807, 2.05) is 46.0 Å². The Balaban J connectivity index is 3.07. The molecule has 1 radical (unpaired) electrons. The number of carbonyl (C=O) groups is 1. The number of hydrogen-bond donors (Lipinski definition) is 0. The van der Waals surface area contributed by atoms with Crippen LogP contribution in [-0.4, -0.2) is 20.9 Å². The number of Topliss-reactive ketones (excluding diaryl/α,β-unsaturated/α-hetero) is 1. The van der Waals surface area contributed by atoms with Crippen molar-refractivity contribution in [2.45, 2.75) is 40.0 Å². The van der Waals surface area contributed by atoms with Crippen molar-refractivity contribution in [3.8, 4) is 0 Å². The first-order valence-corrected chi connectivity index (χ1v) is 8.77. The van der Waals surface area contributed by atoms with Gasteiger partial charge in [0.1, 0.15) is 6.10 Å². The quantitative estimate of drug-likeness (QED) is 0.611. The van der Waals surface area contributed by atoms with Gasteiger partial charge in [-0.1, -0.05) is 44.5 Å². The lowest BCUT2D eigenvalue weighted by atomic mass is 9.84. The minimum absolute atomic E-state index is 0.0284. The lowest BCUT2D eigenvalue weighted by Crippen LogP contribution is -2.40. The molecule has 0 heterocycles. The van der Waals surface area contributed by atoms with Gasteiger partial charge >= 0.3 is 0 Å². The number of ketones is 1. The maximum atomic E-state index is 12.6. The summed E-state index contributed by atoms with van der Waals surface area (Å²) in [6.45, 7) is 10.1.